The molecule has 0 N–H and O–H groups in total. The third kappa shape index (κ3) is 18.6. The van der Waals surface area contributed by atoms with E-state index >= 15 is 0 Å². The molecule has 0 aromatic heterocycles. The lowest BCUT2D eigenvalue weighted by Crippen LogP contribution is -2.51. The molecule has 3 saturated carbocycles. The summed E-state index contributed by atoms with van der Waals surface area (Å²) in [6.45, 7) is 20.1. The number of hydrogen-bond acceptors (Lipinski definition) is 7. The Morgan fingerprint density at radius 3 is 2.24 bits per heavy atom. The Bertz CT molecular complexity index is 1480. The summed E-state index contributed by atoms with van der Waals surface area (Å²) in [6, 6.07) is 0. The normalized spacial score (nSPS) is 28.6. The number of unbranched alkanes of at least 4 members (excludes halogenated alkanes) is 9. The Morgan fingerprint density at radius 1 is 0.746 bits per heavy atom. The highest BCUT2D eigenvalue weighted by Gasteiger charge is 2.59. The number of likely N-dealkylation sites (tertiary alicyclic amines) is 1. The van der Waals surface area contributed by atoms with Crippen molar-refractivity contribution in [3.05, 3.63) is 36.0 Å². The molecule has 0 bridgehead atoms. The van der Waals surface area contributed by atoms with Crippen LogP contribution >= 0.6 is 0 Å². The molecule has 5 rings (SSSR count). The van der Waals surface area contributed by atoms with Gasteiger partial charge in [-0.2, -0.15) is 0 Å². The smallest absolute Gasteiger partial charge is 0.306 e. The van der Waals surface area contributed by atoms with Gasteiger partial charge in [-0.1, -0.05) is 142 Å². The van der Waals surface area contributed by atoms with Crippen molar-refractivity contribution in [2.24, 2.45) is 46.3 Å². The summed E-state index contributed by atoms with van der Waals surface area (Å²) in [5, 5.41) is 0. The first kappa shape index (κ1) is 56.0. The van der Waals surface area contributed by atoms with Gasteiger partial charge in [0.1, 0.15) is 6.10 Å². The largest absolute Gasteiger partial charge is 0.466 e. The monoisotopic (exact) mass is 934 g/mol. The molecular formula is C60H103NO6. The van der Waals surface area contributed by atoms with Crippen molar-refractivity contribution < 1.29 is 28.5 Å². The molecule has 7 heteroatoms. The fourth-order valence-corrected chi connectivity index (χ4v) is 13.8. The van der Waals surface area contributed by atoms with E-state index in [1.807, 2.05) is 0 Å². The third-order valence-corrected chi connectivity index (χ3v) is 17.7. The van der Waals surface area contributed by atoms with E-state index in [2.05, 4.69) is 76.8 Å². The van der Waals surface area contributed by atoms with Crippen LogP contribution < -0.4 is 0 Å². The fourth-order valence-electron chi connectivity index (χ4n) is 13.8. The predicted molar refractivity (Wildman–Crippen MR) is 278 cm³/mol. The lowest BCUT2D eigenvalue weighted by Gasteiger charge is -2.58. The first-order chi connectivity index (χ1) is 32.5. The van der Waals surface area contributed by atoms with Crippen molar-refractivity contribution in [2.75, 3.05) is 46.1 Å². The summed E-state index contributed by atoms with van der Waals surface area (Å²) in [4.78, 5) is 28.2. The highest BCUT2D eigenvalue weighted by Crippen LogP contribution is 2.67. The van der Waals surface area contributed by atoms with Crippen molar-refractivity contribution in [3.8, 4) is 0 Å². The lowest BCUT2D eigenvalue weighted by molar-refractivity contribution is -0.155. The molecule has 0 aromatic carbocycles. The van der Waals surface area contributed by atoms with Crippen molar-refractivity contribution in [3.63, 3.8) is 0 Å². The minimum atomic E-state index is -0.334. The topological polar surface area (TPSA) is 74.3 Å². The summed E-state index contributed by atoms with van der Waals surface area (Å²) in [5.74, 6) is 4.32. The predicted octanol–water partition coefficient (Wildman–Crippen LogP) is 15.4. The summed E-state index contributed by atoms with van der Waals surface area (Å²) in [6.07, 6.45) is 45.2. The Hall–Kier alpha value is -1.96. The van der Waals surface area contributed by atoms with E-state index in [0.29, 0.717) is 31.7 Å². The Morgan fingerprint density at radius 2 is 1.48 bits per heavy atom. The number of rotatable bonds is 33. The van der Waals surface area contributed by atoms with Crippen LogP contribution in [0, 0.1) is 46.3 Å². The summed E-state index contributed by atoms with van der Waals surface area (Å²) >= 11 is 0. The molecule has 4 aliphatic carbocycles. The van der Waals surface area contributed by atoms with E-state index in [9.17, 15) is 9.59 Å². The molecule has 0 spiro atoms. The van der Waals surface area contributed by atoms with Gasteiger partial charge >= 0.3 is 11.9 Å². The van der Waals surface area contributed by atoms with Gasteiger partial charge in [0.15, 0.2) is 0 Å². The Balaban J connectivity index is 0.909. The molecule has 67 heavy (non-hydrogen) atoms. The zero-order valence-electron chi connectivity index (χ0n) is 44.4. The summed E-state index contributed by atoms with van der Waals surface area (Å²) in [5.41, 5.74) is 2.26. The summed E-state index contributed by atoms with van der Waals surface area (Å²) in [7, 11) is 0. The molecular weight excluding hydrogens is 831 g/mol. The lowest BCUT2D eigenvalue weighted by atomic mass is 9.47. The van der Waals surface area contributed by atoms with Gasteiger partial charge in [0, 0.05) is 26.0 Å². The number of ether oxygens (including phenoxy) is 4. The average Bonchev–Trinajstić information content (AvgIpc) is 3.68. The van der Waals surface area contributed by atoms with E-state index in [-0.39, 0.29) is 42.4 Å². The van der Waals surface area contributed by atoms with Gasteiger partial charge < -0.3 is 23.8 Å². The number of piperidine rings is 1. The second-order valence-electron chi connectivity index (χ2n) is 23.2. The molecule has 0 radical (unpaired) electrons. The average molecular weight is 934 g/mol. The van der Waals surface area contributed by atoms with Gasteiger partial charge in [0.05, 0.1) is 38.8 Å². The maximum Gasteiger partial charge on any atom is 0.306 e. The van der Waals surface area contributed by atoms with Crippen LogP contribution in [0.25, 0.3) is 0 Å². The highest BCUT2D eigenvalue weighted by atomic mass is 16.6. The molecule has 384 valence electrons. The van der Waals surface area contributed by atoms with Crippen LogP contribution in [0.5, 0.6) is 0 Å². The van der Waals surface area contributed by atoms with Crippen LogP contribution in [0.15, 0.2) is 36.0 Å². The minimum absolute atomic E-state index is 0.0215. The van der Waals surface area contributed by atoms with Crippen molar-refractivity contribution >= 4 is 11.9 Å². The van der Waals surface area contributed by atoms with Gasteiger partial charge in [0.2, 0.25) is 0 Å². The maximum absolute atomic E-state index is 13.0. The van der Waals surface area contributed by atoms with Gasteiger partial charge in [-0.3, -0.25) is 9.59 Å². The molecule has 1 saturated heterocycles. The van der Waals surface area contributed by atoms with Crippen LogP contribution in [0.2, 0.25) is 0 Å². The third-order valence-electron chi connectivity index (χ3n) is 17.7. The molecule has 9 unspecified atom stereocenters. The number of esters is 2. The molecule has 7 nitrogen and oxygen atoms in total. The van der Waals surface area contributed by atoms with E-state index in [0.717, 1.165) is 93.9 Å². The first-order valence-electron chi connectivity index (χ1n) is 28.8. The van der Waals surface area contributed by atoms with Gasteiger partial charge in [-0.05, 0) is 156 Å². The van der Waals surface area contributed by atoms with Crippen LogP contribution in [-0.2, 0) is 28.5 Å². The number of carbonyl (C=O) groups excluding carboxylic acids is 2. The van der Waals surface area contributed by atoms with E-state index in [1.165, 1.54) is 140 Å². The van der Waals surface area contributed by atoms with Gasteiger partial charge in [-0.25, -0.2) is 0 Å². The van der Waals surface area contributed by atoms with Crippen LogP contribution in [0.3, 0.4) is 0 Å². The quantitative estimate of drug-likeness (QED) is 0.0369. The van der Waals surface area contributed by atoms with E-state index in [1.54, 1.807) is 0 Å². The molecule has 0 aromatic rings. The SMILES string of the molecule is CCCCCC=CCC=CCCCCCCCCOCC(CN1CCCCC1)OCCCOC(=O)CCC(=O)OC1CCC2(C)C(=CCC3C2CCC2(C)C(C(C)CCCC(C)C)CCC32)C1. The zero-order chi connectivity index (χ0) is 47.7. The Kier molecular flexibility index (Phi) is 25.6. The van der Waals surface area contributed by atoms with Gasteiger partial charge in [0.25, 0.3) is 0 Å². The summed E-state index contributed by atoms with van der Waals surface area (Å²) < 4.78 is 24.1. The van der Waals surface area contributed by atoms with Crippen molar-refractivity contribution in [1.29, 1.82) is 0 Å². The van der Waals surface area contributed by atoms with Crippen molar-refractivity contribution in [2.45, 2.75) is 240 Å². The number of nitrogens with zero attached hydrogens (tertiary/aromatic N) is 1. The van der Waals surface area contributed by atoms with Crippen molar-refractivity contribution in [1.82, 2.24) is 4.90 Å². The second kappa shape index (κ2) is 30.7. The standard InChI is InChI=1S/C60H103NO6/c1-7-8-9-10-11-12-13-14-15-16-17-18-19-20-21-25-42-64-47-52(46-61-40-23-22-24-41-61)65-43-27-44-66-57(62)34-35-58(63)67-51-36-38-59(5)50(45-51)30-31-53-55-33-32-54(49(4)29-26-28-48(2)3)60(55,6)39-37-56(53)59/h11-12,14-15,30,48-49,51-56H,7-10,13,16-29,31-47H2,1-6H3. The fraction of sp³-hybridized carbons (Fsp3) is 0.867. The maximum atomic E-state index is 13.0. The number of allylic oxidation sites excluding steroid dienone is 5. The molecule has 9 atom stereocenters. The van der Waals surface area contributed by atoms with E-state index < -0.39 is 0 Å². The molecule has 1 heterocycles. The Labute approximate surface area is 412 Å². The highest BCUT2D eigenvalue weighted by molar-refractivity contribution is 5.77. The molecule has 0 amide bonds. The number of fused-ring (bicyclic) bond motifs is 5. The van der Waals surface area contributed by atoms with E-state index in [4.69, 9.17) is 18.9 Å². The van der Waals surface area contributed by atoms with Crippen LogP contribution in [0.4, 0.5) is 0 Å². The first-order valence-corrected chi connectivity index (χ1v) is 28.8. The molecule has 1 aliphatic heterocycles. The van der Waals surface area contributed by atoms with Gasteiger partial charge in [-0.15, -0.1) is 0 Å². The van der Waals surface area contributed by atoms with Crippen LogP contribution in [-0.4, -0.2) is 75.1 Å². The number of hydrogen-bond donors (Lipinski definition) is 0. The molecule has 5 aliphatic rings. The molecule has 4 fully saturated rings. The zero-order valence-corrected chi connectivity index (χ0v) is 44.4. The minimum Gasteiger partial charge on any atom is -0.466 e. The second-order valence-corrected chi connectivity index (χ2v) is 23.2. The number of carbonyl (C=O) groups is 2. The van der Waals surface area contributed by atoms with Crippen LogP contribution in [0.1, 0.15) is 228 Å².